The first kappa shape index (κ1) is 18.0. The first-order valence-corrected chi connectivity index (χ1v) is 8.86. The van der Waals surface area contributed by atoms with Gasteiger partial charge in [-0.1, -0.05) is 39.7 Å². The fraction of sp³-hybridized carbons (Fsp3) is 0. The number of benzene rings is 2. The molecule has 0 bridgehead atoms. The highest BCUT2D eigenvalue weighted by atomic mass is 79.9. The van der Waals surface area contributed by atoms with E-state index >= 15 is 0 Å². The van der Waals surface area contributed by atoms with Gasteiger partial charge in [-0.3, -0.25) is 4.79 Å². The molecule has 0 fully saturated rings. The van der Waals surface area contributed by atoms with Crippen molar-refractivity contribution >= 4 is 45.2 Å². The maximum atomic E-state index is 12.4. The number of amides is 1. The zero-order valence-electron chi connectivity index (χ0n) is 13.5. The molecule has 26 heavy (non-hydrogen) atoms. The van der Waals surface area contributed by atoms with Gasteiger partial charge in [-0.25, -0.2) is 0 Å². The number of anilines is 1. The third kappa shape index (κ3) is 4.05. The molecule has 3 rings (SSSR count). The zero-order valence-corrected chi connectivity index (χ0v) is 15.8. The summed E-state index contributed by atoms with van der Waals surface area (Å²) in [7, 11) is 0. The van der Waals surface area contributed by atoms with Gasteiger partial charge in [0.1, 0.15) is 11.6 Å². The van der Waals surface area contributed by atoms with Gasteiger partial charge < -0.3 is 9.88 Å². The maximum absolute atomic E-state index is 12.4. The lowest BCUT2D eigenvalue weighted by Crippen LogP contribution is -2.14. The molecule has 0 unspecified atom stereocenters. The summed E-state index contributed by atoms with van der Waals surface area (Å²) < 4.78 is 2.87. The number of carbonyl (C=O) groups excluding carboxylic acids is 1. The number of nitrogens with zero attached hydrogens (tertiary/aromatic N) is 2. The Morgan fingerprint density at radius 1 is 1.12 bits per heavy atom. The Morgan fingerprint density at radius 3 is 2.54 bits per heavy atom. The molecule has 0 radical (unpaired) electrons. The van der Waals surface area contributed by atoms with Gasteiger partial charge in [-0.2, -0.15) is 5.26 Å². The highest BCUT2D eigenvalue weighted by Gasteiger charge is 2.12. The first-order valence-electron chi connectivity index (χ1n) is 7.69. The Kier molecular flexibility index (Phi) is 5.57. The number of nitriles is 1. The molecule has 0 spiro atoms. The molecule has 0 atom stereocenters. The Balaban J connectivity index is 1.90. The van der Waals surface area contributed by atoms with Crippen LogP contribution >= 0.6 is 27.5 Å². The molecule has 3 aromatic rings. The lowest BCUT2D eigenvalue weighted by molar-refractivity contribution is -0.112. The Morgan fingerprint density at radius 2 is 1.85 bits per heavy atom. The quantitative estimate of drug-likeness (QED) is 0.446. The van der Waals surface area contributed by atoms with Gasteiger partial charge in [-0.15, -0.1) is 0 Å². The molecule has 1 N–H and O–H groups in total. The molecule has 128 valence electrons. The van der Waals surface area contributed by atoms with Crippen LogP contribution in [-0.4, -0.2) is 10.5 Å². The fourth-order valence-electron chi connectivity index (χ4n) is 2.40. The van der Waals surface area contributed by atoms with Crippen molar-refractivity contribution in [1.29, 1.82) is 5.26 Å². The highest BCUT2D eigenvalue weighted by Crippen LogP contribution is 2.22. The van der Waals surface area contributed by atoms with Gasteiger partial charge in [-0.05, 0) is 54.6 Å². The fourth-order valence-corrected chi connectivity index (χ4v) is 2.84. The minimum absolute atomic E-state index is 0.0121. The third-order valence-corrected chi connectivity index (χ3v) is 4.52. The molecular weight excluding hydrogens is 414 g/mol. The van der Waals surface area contributed by atoms with Crippen LogP contribution in [0.1, 0.15) is 5.69 Å². The Bertz CT molecular complexity index is 1020. The number of nitrogens with one attached hydrogen (secondary N) is 1. The summed E-state index contributed by atoms with van der Waals surface area (Å²) in [6.07, 6.45) is 3.42. The van der Waals surface area contributed by atoms with Gasteiger partial charge in [0.15, 0.2) is 0 Å². The van der Waals surface area contributed by atoms with Crippen LogP contribution in [-0.2, 0) is 4.79 Å². The van der Waals surface area contributed by atoms with Crippen molar-refractivity contribution in [2.24, 2.45) is 0 Å². The summed E-state index contributed by atoms with van der Waals surface area (Å²) >= 11 is 9.46. The van der Waals surface area contributed by atoms with Crippen LogP contribution in [0.5, 0.6) is 0 Å². The number of rotatable bonds is 4. The van der Waals surface area contributed by atoms with Crippen molar-refractivity contribution < 1.29 is 4.79 Å². The predicted molar refractivity (Wildman–Crippen MR) is 107 cm³/mol. The van der Waals surface area contributed by atoms with Crippen LogP contribution in [0.25, 0.3) is 11.8 Å². The van der Waals surface area contributed by atoms with Crippen LogP contribution in [0.2, 0.25) is 5.02 Å². The number of carbonyl (C=O) groups is 1. The van der Waals surface area contributed by atoms with E-state index in [0.717, 1.165) is 15.9 Å². The minimum atomic E-state index is -0.510. The van der Waals surface area contributed by atoms with Gasteiger partial charge in [0.05, 0.1) is 10.7 Å². The van der Waals surface area contributed by atoms with Gasteiger partial charge in [0.25, 0.3) is 5.91 Å². The second-order valence-corrected chi connectivity index (χ2v) is 6.71. The van der Waals surface area contributed by atoms with Crippen LogP contribution in [0.15, 0.2) is 76.9 Å². The maximum Gasteiger partial charge on any atom is 0.266 e. The molecule has 0 aliphatic heterocycles. The van der Waals surface area contributed by atoms with E-state index in [0.29, 0.717) is 10.7 Å². The van der Waals surface area contributed by atoms with E-state index in [4.69, 9.17) is 11.6 Å². The normalized spacial score (nSPS) is 11.0. The summed E-state index contributed by atoms with van der Waals surface area (Å²) in [5, 5.41) is 12.5. The predicted octanol–water partition coefficient (Wildman–Crippen LogP) is 5.44. The summed E-state index contributed by atoms with van der Waals surface area (Å²) in [4.78, 5) is 12.4. The Labute approximate surface area is 164 Å². The van der Waals surface area contributed by atoms with Crippen LogP contribution in [0.4, 0.5) is 5.69 Å². The highest BCUT2D eigenvalue weighted by molar-refractivity contribution is 9.10. The molecule has 0 saturated heterocycles. The van der Waals surface area contributed by atoms with E-state index in [1.807, 2.05) is 53.2 Å². The molecule has 0 saturated carbocycles. The van der Waals surface area contributed by atoms with E-state index < -0.39 is 5.91 Å². The van der Waals surface area contributed by atoms with Crippen LogP contribution in [0, 0.1) is 11.3 Å². The summed E-state index contributed by atoms with van der Waals surface area (Å²) in [5.41, 5.74) is 2.09. The van der Waals surface area contributed by atoms with Crippen molar-refractivity contribution in [2.45, 2.75) is 0 Å². The smallest absolute Gasteiger partial charge is 0.266 e. The minimum Gasteiger partial charge on any atom is -0.320 e. The van der Waals surface area contributed by atoms with Crippen molar-refractivity contribution in [3.63, 3.8) is 0 Å². The summed E-state index contributed by atoms with van der Waals surface area (Å²) in [6.45, 7) is 0. The standard InChI is InChI=1S/C20H13BrClN3O/c21-15-7-9-16(10-8-15)25-11-3-4-17(25)12-14(13-23)20(26)24-19-6-2-1-5-18(19)22/h1-12H,(H,24,26)/b14-12-. The number of para-hydroxylation sites is 1. The van der Waals surface area contributed by atoms with E-state index in [1.165, 1.54) is 0 Å². The van der Waals surface area contributed by atoms with Crippen molar-refractivity contribution in [3.05, 3.63) is 87.6 Å². The molecule has 2 aromatic carbocycles. The van der Waals surface area contributed by atoms with Crippen LogP contribution < -0.4 is 5.32 Å². The molecular formula is C20H13BrClN3O. The number of hydrogen-bond acceptors (Lipinski definition) is 2. The second kappa shape index (κ2) is 8.05. The average Bonchev–Trinajstić information content (AvgIpc) is 3.10. The topological polar surface area (TPSA) is 57.8 Å². The lowest BCUT2D eigenvalue weighted by atomic mass is 10.2. The first-order chi connectivity index (χ1) is 12.6. The number of hydrogen-bond donors (Lipinski definition) is 1. The van der Waals surface area contributed by atoms with Crippen molar-refractivity contribution in [2.75, 3.05) is 5.32 Å². The van der Waals surface area contributed by atoms with Gasteiger partial charge >= 0.3 is 0 Å². The van der Waals surface area contributed by atoms with Gasteiger partial charge in [0, 0.05) is 22.1 Å². The van der Waals surface area contributed by atoms with Crippen molar-refractivity contribution in [3.8, 4) is 11.8 Å². The zero-order chi connectivity index (χ0) is 18.5. The van der Waals surface area contributed by atoms with E-state index in [9.17, 15) is 10.1 Å². The summed E-state index contributed by atoms with van der Waals surface area (Å²) in [5.74, 6) is -0.510. The molecule has 1 amide bonds. The molecule has 4 nitrogen and oxygen atoms in total. The Hall–Kier alpha value is -2.81. The van der Waals surface area contributed by atoms with Crippen molar-refractivity contribution in [1.82, 2.24) is 4.57 Å². The molecule has 0 aliphatic rings. The number of halogens is 2. The SMILES string of the molecule is N#C/C(=C/c1cccn1-c1ccc(Br)cc1)C(=O)Nc1ccccc1Cl. The largest absolute Gasteiger partial charge is 0.320 e. The van der Waals surface area contributed by atoms with E-state index in [-0.39, 0.29) is 5.57 Å². The average molecular weight is 427 g/mol. The van der Waals surface area contributed by atoms with Gasteiger partial charge in [0.2, 0.25) is 0 Å². The molecule has 6 heteroatoms. The lowest BCUT2D eigenvalue weighted by Gasteiger charge is -2.08. The van der Waals surface area contributed by atoms with E-state index in [2.05, 4.69) is 21.2 Å². The molecule has 0 aliphatic carbocycles. The molecule has 1 aromatic heterocycles. The molecule has 1 heterocycles. The monoisotopic (exact) mass is 425 g/mol. The van der Waals surface area contributed by atoms with Crippen LogP contribution in [0.3, 0.4) is 0 Å². The second-order valence-electron chi connectivity index (χ2n) is 5.38. The third-order valence-electron chi connectivity index (χ3n) is 3.66. The van der Waals surface area contributed by atoms with E-state index in [1.54, 1.807) is 30.3 Å². The number of aromatic nitrogens is 1. The summed E-state index contributed by atoms with van der Waals surface area (Å²) in [6, 6.07) is 20.3.